The summed E-state index contributed by atoms with van der Waals surface area (Å²) >= 11 is 6.12. The van der Waals surface area contributed by atoms with Crippen LogP contribution in [0.25, 0.3) is 0 Å². The van der Waals surface area contributed by atoms with Crippen LogP contribution < -0.4 is 4.90 Å². The standard InChI is InChI=1S/C15H15ClFN3/c16-14-8-18-10-19-15(14)20-6-5-12(9-20)7-11-1-3-13(17)4-2-11/h1-4,8,10,12H,5-7,9H2. The summed E-state index contributed by atoms with van der Waals surface area (Å²) in [6, 6.07) is 6.75. The van der Waals surface area contributed by atoms with Gasteiger partial charge in [-0.25, -0.2) is 14.4 Å². The molecule has 1 aromatic carbocycles. The van der Waals surface area contributed by atoms with Crippen LogP contribution in [0.3, 0.4) is 0 Å². The van der Waals surface area contributed by atoms with E-state index in [1.807, 2.05) is 12.1 Å². The lowest BCUT2D eigenvalue weighted by Gasteiger charge is -2.18. The van der Waals surface area contributed by atoms with Gasteiger partial charge in [0, 0.05) is 13.1 Å². The molecule has 0 aliphatic carbocycles. The van der Waals surface area contributed by atoms with Gasteiger partial charge in [-0.3, -0.25) is 0 Å². The summed E-state index contributed by atoms with van der Waals surface area (Å²) in [5, 5.41) is 0.593. The second-order valence-electron chi connectivity index (χ2n) is 5.13. The number of halogens is 2. The lowest BCUT2D eigenvalue weighted by atomic mass is 9.99. The Labute approximate surface area is 122 Å². The van der Waals surface area contributed by atoms with Crippen molar-refractivity contribution in [3.63, 3.8) is 0 Å². The summed E-state index contributed by atoms with van der Waals surface area (Å²) in [5.74, 6) is 1.17. The third-order valence-corrected chi connectivity index (χ3v) is 3.94. The number of hydrogen-bond donors (Lipinski definition) is 0. The van der Waals surface area contributed by atoms with Crippen LogP contribution in [0.4, 0.5) is 10.2 Å². The molecular formula is C15H15ClFN3. The predicted octanol–water partition coefficient (Wildman–Crippen LogP) is 3.34. The van der Waals surface area contributed by atoms with Crippen molar-refractivity contribution in [2.24, 2.45) is 5.92 Å². The molecule has 3 rings (SSSR count). The summed E-state index contributed by atoms with van der Waals surface area (Å²) in [7, 11) is 0. The monoisotopic (exact) mass is 291 g/mol. The summed E-state index contributed by atoms with van der Waals surface area (Å²) in [5.41, 5.74) is 1.17. The second-order valence-corrected chi connectivity index (χ2v) is 5.53. The Hall–Kier alpha value is -1.68. The lowest BCUT2D eigenvalue weighted by Crippen LogP contribution is -2.21. The first-order valence-corrected chi connectivity index (χ1v) is 7.05. The van der Waals surface area contributed by atoms with Crippen LogP contribution >= 0.6 is 11.6 Å². The second kappa shape index (κ2) is 5.75. The van der Waals surface area contributed by atoms with Crippen molar-refractivity contribution in [3.8, 4) is 0 Å². The molecule has 0 spiro atoms. The zero-order chi connectivity index (χ0) is 13.9. The first-order chi connectivity index (χ1) is 9.72. The number of anilines is 1. The van der Waals surface area contributed by atoms with Crippen molar-refractivity contribution in [2.45, 2.75) is 12.8 Å². The molecule has 20 heavy (non-hydrogen) atoms. The molecule has 0 radical (unpaired) electrons. The van der Waals surface area contributed by atoms with Crippen LogP contribution in [0.5, 0.6) is 0 Å². The molecule has 2 aromatic rings. The number of nitrogens with zero attached hydrogens (tertiary/aromatic N) is 3. The molecule has 0 amide bonds. The van der Waals surface area contributed by atoms with Gasteiger partial charge in [0.05, 0.1) is 6.20 Å². The maximum Gasteiger partial charge on any atom is 0.150 e. The quantitative estimate of drug-likeness (QED) is 0.868. The van der Waals surface area contributed by atoms with E-state index in [-0.39, 0.29) is 5.82 Å². The Balaban J connectivity index is 1.65. The fourth-order valence-corrected chi connectivity index (χ4v) is 2.91. The fraction of sp³-hybridized carbons (Fsp3) is 0.333. The van der Waals surface area contributed by atoms with Gasteiger partial charge >= 0.3 is 0 Å². The Bertz CT molecular complexity index is 588. The third-order valence-electron chi connectivity index (χ3n) is 3.67. The van der Waals surface area contributed by atoms with Gasteiger partial charge in [0.25, 0.3) is 0 Å². The van der Waals surface area contributed by atoms with Gasteiger partial charge in [0.2, 0.25) is 0 Å². The molecule has 1 atom stereocenters. The Morgan fingerprint density at radius 2 is 2.10 bits per heavy atom. The molecule has 1 unspecified atom stereocenters. The van der Waals surface area contributed by atoms with E-state index >= 15 is 0 Å². The molecule has 1 aromatic heterocycles. The maximum atomic E-state index is 12.9. The fourth-order valence-electron chi connectivity index (χ4n) is 2.68. The number of aromatic nitrogens is 2. The Morgan fingerprint density at radius 3 is 2.85 bits per heavy atom. The zero-order valence-electron chi connectivity index (χ0n) is 11.0. The highest BCUT2D eigenvalue weighted by Crippen LogP contribution is 2.28. The predicted molar refractivity (Wildman–Crippen MR) is 77.5 cm³/mol. The summed E-state index contributed by atoms with van der Waals surface area (Å²) in [4.78, 5) is 10.3. The smallest absolute Gasteiger partial charge is 0.150 e. The van der Waals surface area contributed by atoms with Crippen molar-refractivity contribution in [3.05, 3.63) is 53.2 Å². The van der Waals surface area contributed by atoms with E-state index in [1.54, 1.807) is 6.20 Å². The minimum Gasteiger partial charge on any atom is -0.355 e. The topological polar surface area (TPSA) is 29.0 Å². The third kappa shape index (κ3) is 2.90. The highest BCUT2D eigenvalue weighted by Gasteiger charge is 2.25. The molecule has 1 saturated heterocycles. The molecule has 3 nitrogen and oxygen atoms in total. The van der Waals surface area contributed by atoms with E-state index in [4.69, 9.17) is 11.6 Å². The van der Waals surface area contributed by atoms with Gasteiger partial charge in [-0.2, -0.15) is 0 Å². The largest absolute Gasteiger partial charge is 0.355 e. The van der Waals surface area contributed by atoms with Gasteiger partial charge in [-0.15, -0.1) is 0 Å². The van der Waals surface area contributed by atoms with Gasteiger partial charge in [-0.1, -0.05) is 23.7 Å². The maximum absolute atomic E-state index is 12.9. The van der Waals surface area contributed by atoms with Crippen molar-refractivity contribution in [1.82, 2.24) is 9.97 Å². The van der Waals surface area contributed by atoms with Gasteiger partial charge < -0.3 is 4.90 Å². The van der Waals surface area contributed by atoms with E-state index < -0.39 is 0 Å². The average molecular weight is 292 g/mol. The molecule has 0 saturated carbocycles. The van der Waals surface area contributed by atoms with E-state index in [0.29, 0.717) is 10.9 Å². The molecule has 0 bridgehead atoms. The summed E-state index contributed by atoms with van der Waals surface area (Å²) in [6.07, 6.45) is 5.20. The van der Waals surface area contributed by atoms with Gasteiger partial charge in [-0.05, 0) is 36.5 Å². The van der Waals surface area contributed by atoms with Crippen LogP contribution in [-0.4, -0.2) is 23.1 Å². The van der Waals surface area contributed by atoms with Crippen LogP contribution in [0.1, 0.15) is 12.0 Å². The van der Waals surface area contributed by atoms with Crippen LogP contribution in [-0.2, 0) is 6.42 Å². The molecule has 0 N–H and O–H groups in total. The molecule has 1 fully saturated rings. The van der Waals surface area contributed by atoms with Crippen LogP contribution in [0, 0.1) is 11.7 Å². The van der Waals surface area contributed by atoms with Crippen LogP contribution in [0.15, 0.2) is 36.8 Å². The molecule has 104 valence electrons. The van der Waals surface area contributed by atoms with Crippen LogP contribution in [0.2, 0.25) is 5.02 Å². The zero-order valence-corrected chi connectivity index (χ0v) is 11.7. The molecular weight excluding hydrogens is 277 g/mol. The number of hydrogen-bond acceptors (Lipinski definition) is 3. The van der Waals surface area contributed by atoms with Crippen molar-refractivity contribution >= 4 is 17.4 Å². The normalized spacial score (nSPS) is 18.5. The first-order valence-electron chi connectivity index (χ1n) is 6.67. The van der Waals surface area contributed by atoms with Crippen molar-refractivity contribution in [1.29, 1.82) is 0 Å². The van der Waals surface area contributed by atoms with Crippen molar-refractivity contribution < 1.29 is 4.39 Å². The molecule has 5 heteroatoms. The highest BCUT2D eigenvalue weighted by atomic mass is 35.5. The van der Waals surface area contributed by atoms with E-state index in [0.717, 1.165) is 31.7 Å². The molecule has 1 aliphatic rings. The van der Waals surface area contributed by atoms with Gasteiger partial charge in [0.1, 0.15) is 17.2 Å². The lowest BCUT2D eigenvalue weighted by molar-refractivity contribution is 0.583. The number of rotatable bonds is 3. The van der Waals surface area contributed by atoms with E-state index in [9.17, 15) is 4.39 Å². The Morgan fingerprint density at radius 1 is 1.30 bits per heavy atom. The molecule has 1 aliphatic heterocycles. The average Bonchev–Trinajstić information content (AvgIpc) is 2.90. The minimum absolute atomic E-state index is 0.186. The number of benzene rings is 1. The minimum atomic E-state index is -0.186. The summed E-state index contributed by atoms with van der Waals surface area (Å²) < 4.78 is 12.9. The van der Waals surface area contributed by atoms with E-state index in [1.165, 1.54) is 24.0 Å². The first kappa shape index (κ1) is 13.3. The SMILES string of the molecule is Fc1ccc(CC2CCN(c3ncncc3Cl)C2)cc1. The highest BCUT2D eigenvalue weighted by molar-refractivity contribution is 6.32. The van der Waals surface area contributed by atoms with Gasteiger partial charge in [0.15, 0.2) is 5.82 Å². The Kier molecular flexibility index (Phi) is 3.83. The summed E-state index contributed by atoms with van der Waals surface area (Å²) in [6.45, 7) is 1.87. The van der Waals surface area contributed by atoms with Crippen molar-refractivity contribution in [2.75, 3.05) is 18.0 Å². The molecule has 2 heterocycles. The van der Waals surface area contributed by atoms with E-state index in [2.05, 4.69) is 14.9 Å².